The molecule has 0 fully saturated rings. The molecule has 1 heterocycles. The zero-order valence-corrected chi connectivity index (χ0v) is 13.8. The van der Waals surface area contributed by atoms with Gasteiger partial charge in [0.25, 0.3) is 0 Å². The summed E-state index contributed by atoms with van der Waals surface area (Å²) < 4.78 is 13.1. The Morgan fingerprint density at radius 3 is 2.87 bits per heavy atom. The number of aryl methyl sites for hydroxylation is 2. The van der Waals surface area contributed by atoms with Crippen molar-refractivity contribution in [2.24, 2.45) is 0 Å². The summed E-state index contributed by atoms with van der Waals surface area (Å²) in [6, 6.07) is 6.35. The van der Waals surface area contributed by atoms with Crippen LogP contribution in [0.15, 0.2) is 24.3 Å². The summed E-state index contributed by atoms with van der Waals surface area (Å²) in [7, 11) is 1.87. The van der Waals surface area contributed by atoms with Crippen LogP contribution in [0.4, 0.5) is 10.1 Å². The number of aromatic nitrogens is 2. The predicted molar refractivity (Wildman–Crippen MR) is 88.7 cm³/mol. The predicted octanol–water partition coefficient (Wildman–Crippen LogP) is 2.88. The van der Waals surface area contributed by atoms with Crippen LogP contribution < -0.4 is 5.32 Å². The number of aromatic amines is 1. The van der Waals surface area contributed by atoms with Gasteiger partial charge in [-0.25, -0.2) is 4.39 Å². The van der Waals surface area contributed by atoms with E-state index in [1.54, 1.807) is 13.0 Å². The molecule has 124 valence electrons. The number of rotatable bonds is 7. The minimum Gasteiger partial charge on any atom is -0.325 e. The summed E-state index contributed by atoms with van der Waals surface area (Å²) in [5, 5.41) is 10.0. The number of hydrogen-bond donors (Lipinski definition) is 2. The van der Waals surface area contributed by atoms with Gasteiger partial charge in [-0.1, -0.05) is 13.3 Å². The molecule has 0 aliphatic rings. The third-order valence-electron chi connectivity index (χ3n) is 3.51. The molecule has 6 heteroatoms. The van der Waals surface area contributed by atoms with Crippen LogP contribution in [0, 0.1) is 12.7 Å². The van der Waals surface area contributed by atoms with Gasteiger partial charge in [0, 0.05) is 17.9 Å². The third-order valence-corrected chi connectivity index (χ3v) is 3.51. The van der Waals surface area contributed by atoms with E-state index in [4.69, 9.17) is 0 Å². The van der Waals surface area contributed by atoms with E-state index in [9.17, 15) is 9.18 Å². The van der Waals surface area contributed by atoms with Crippen LogP contribution in [0.5, 0.6) is 0 Å². The molecule has 0 saturated heterocycles. The Bertz CT molecular complexity index is 668. The lowest BCUT2D eigenvalue weighted by molar-refractivity contribution is -0.117. The van der Waals surface area contributed by atoms with Crippen LogP contribution in [0.25, 0.3) is 0 Å². The second-order valence-electron chi connectivity index (χ2n) is 5.81. The maximum absolute atomic E-state index is 13.1. The number of likely N-dealkylation sites (N-methyl/N-ethyl adjacent to an activating group) is 1. The number of anilines is 1. The molecule has 5 nitrogen and oxygen atoms in total. The van der Waals surface area contributed by atoms with Gasteiger partial charge in [-0.3, -0.25) is 14.8 Å². The molecule has 0 saturated carbocycles. The second kappa shape index (κ2) is 7.87. The van der Waals surface area contributed by atoms with Gasteiger partial charge in [0.15, 0.2) is 0 Å². The van der Waals surface area contributed by atoms with Crippen molar-refractivity contribution in [2.75, 3.05) is 18.9 Å². The zero-order valence-electron chi connectivity index (χ0n) is 13.8. The Labute approximate surface area is 135 Å². The summed E-state index contributed by atoms with van der Waals surface area (Å²) in [4.78, 5) is 14.0. The highest BCUT2D eigenvalue weighted by molar-refractivity contribution is 5.92. The van der Waals surface area contributed by atoms with Crippen molar-refractivity contribution in [3.8, 4) is 0 Å². The van der Waals surface area contributed by atoms with Gasteiger partial charge >= 0.3 is 0 Å². The van der Waals surface area contributed by atoms with Gasteiger partial charge in [0.1, 0.15) is 5.82 Å². The summed E-state index contributed by atoms with van der Waals surface area (Å²) in [5.41, 5.74) is 3.37. The highest BCUT2D eigenvalue weighted by atomic mass is 19.1. The van der Waals surface area contributed by atoms with Gasteiger partial charge in [-0.2, -0.15) is 5.10 Å². The number of carbonyl (C=O) groups excluding carboxylic acids is 1. The number of nitrogens with one attached hydrogen (secondary N) is 2. The number of benzene rings is 1. The Kier molecular flexibility index (Phi) is 5.87. The Balaban J connectivity index is 1.86. The van der Waals surface area contributed by atoms with E-state index in [0.29, 0.717) is 17.8 Å². The molecule has 0 aliphatic heterocycles. The molecular weight excluding hydrogens is 295 g/mol. The lowest BCUT2D eigenvalue weighted by atomic mass is 10.2. The number of carbonyl (C=O) groups is 1. The number of halogens is 1. The molecule has 0 aliphatic carbocycles. The van der Waals surface area contributed by atoms with Crippen molar-refractivity contribution in [3.63, 3.8) is 0 Å². The highest BCUT2D eigenvalue weighted by Crippen LogP contribution is 2.15. The molecule has 2 aromatic rings. The minimum atomic E-state index is -0.306. The van der Waals surface area contributed by atoms with Crippen LogP contribution >= 0.6 is 0 Å². The largest absolute Gasteiger partial charge is 0.325 e. The molecule has 0 unspecified atom stereocenters. The number of nitrogens with zero attached hydrogens (tertiary/aromatic N) is 2. The first-order valence-electron chi connectivity index (χ1n) is 7.75. The van der Waals surface area contributed by atoms with Crippen molar-refractivity contribution < 1.29 is 9.18 Å². The minimum absolute atomic E-state index is 0.129. The highest BCUT2D eigenvalue weighted by Gasteiger charge is 2.10. The molecular formula is C17H23FN4O. The number of amides is 1. The molecule has 0 bridgehead atoms. The molecule has 0 spiro atoms. The lowest BCUT2D eigenvalue weighted by Crippen LogP contribution is -2.30. The van der Waals surface area contributed by atoms with Gasteiger partial charge in [0.2, 0.25) is 5.91 Å². The normalized spacial score (nSPS) is 11.0. The van der Waals surface area contributed by atoms with E-state index < -0.39 is 0 Å². The van der Waals surface area contributed by atoms with E-state index in [-0.39, 0.29) is 18.3 Å². The number of H-pyrrole nitrogens is 1. The summed E-state index contributed by atoms with van der Waals surface area (Å²) in [6.07, 6.45) is 2.00. The van der Waals surface area contributed by atoms with Crippen LogP contribution in [0.1, 0.15) is 30.3 Å². The Morgan fingerprint density at radius 1 is 1.39 bits per heavy atom. The maximum atomic E-state index is 13.1. The fourth-order valence-corrected chi connectivity index (χ4v) is 2.42. The number of hydrogen-bond acceptors (Lipinski definition) is 3. The zero-order chi connectivity index (χ0) is 16.8. The van der Waals surface area contributed by atoms with Crippen LogP contribution in [-0.4, -0.2) is 34.6 Å². The quantitative estimate of drug-likeness (QED) is 0.825. The van der Waals surface area contributed by atoms with E-state index in [1.807, 2.05) is 18.0 Å². The monoisotopic (exact) mass is 318 g/mol. The molecule has 2 N–H and O–H groups in total. The van der Waals surface area contributed by atoms with Gasteiger partial charge in [-0.05, 0) is 50.2 Å². The molecule has 23 heavy (non-hydrogen) atoms. The standard InChI is InChI=1S/C17H23FN4O/c1-4-5-14-9-15(21-20-14)10-22(3)11-17(23)19-16-7-6-13(18)8-12(16)2/h6-9H,4-5,10-11H2,1-3H3,(H,19,23)(H,20,21). The lowest BCUT2D eigenvalue weighted by Gasteiger charge is -2.16. The molecule has 2 rings (SSSR count). The Hall–Kier alpha value is -2.21. The Morgan fingerprint density at radius 2 is 2.17 bits per heavy atom. The second-order valence-corrected chi connectivity index (χ2v) is 5.81. The van der Waals surface area contributed by atoms with Crippen molar-refractivity contribution >= 4 is 11.6 Å². The molecule has 0 radical (unpaired) electrons. The summed E-state index contributed by atoms with van der Waals surface area (Å²) in [5.74, 6) is -0.435. The molecule has 1 aromatic heterocycles. The summed E-state index contributed by atoms with van der Waals surface area (Å²) in [6.45, 7) is 4.75. The van der Waals surface area contributed by atoms with Gasteiger partial charge in [0.05, 0.1) is 12.2 Å². The summed E-state index contributed by atoms with van der Waals surface area (Å²) >= 11 is 0. The van der Waals surface area contributed by atoms with E-state index in [1.165, 1.54) is 12.1 Å². The van der Waals surface area contributed by atoms with E-state index >= 15 is 0 Å². The van der Waals surface area contributed by atoms with Crippen molar-refractivity contribution in [2.45, 2.75) is 33.2 Å². The first-order chi connectivity index (χ1) is 11.0. The SMILES string of the molecule is CCCc1cc(CN(C)CC(=O)Nc2ccc(F)cc2C)[nH]n1. The average molecular weight is 318 g/mol. The smallest absolute Gasteiger partial charge is 0.238 e. The molecule has 1 amide bonds. The van der Waals surface area contributed by atoms with Crippen LogP contribution in [0.3, 0.4) is 0 Å². The average Bonchev–Trinajstić information content (AvgIpc) is 2.89. The fraction of sp³-hybridized carbons (Fsp3) is 0.412. The van der Waals surface area contributed by atoms with E-state index in [0.717, 1.165) is 24.2 Å². The van der Waals surface area contributed by atoms with Crippen molar-refractivity contribution in [3.05, 3.63) is 47.0 Å². The maximum Gasteiger partial charge on any atom is 0.238 e. The first-order valence-corrected chi connectivity index (χ1v) is 7.75. The van der Waals surface area contributed by atoms with Crippen molar-refractivity contribution in [1.82, 2.24) is 15.1 Å². The molecule has 0 atom stereocenters. The van der Waals surface area contributed by atoms with Crippen molar-refractivity contribution in [1.29, 1.82) is 0 Å². The van der Waals surface area contributed by atoms with Gasteiger partial charge < -0.3 is 5.32 Å². The van der Waals surface area contributed by atoms with Gasteiger partial charge in [-0.15, -0.1) is 0 Å². The third kappa shape index (κ3) is 5.17. The molecule has 1 aromatic carbocycles. The van der Waals surface area contributed by atoms with E-state index in [2.05, 4.69) is 22.4 Å². The first kappa shape index (κ1) is 17.1. The topological polar surface area (TPSA) is 61.0 Å². The fourth-order valence-electron chi connectivity index (χ4n) is 2.42. The van der Waals surface area contributed by atoms with Crippen LogP contribution in [-0.2, 0) is 17.8 Å². The van der Waals surface area contributed by atoms with Crippen LogP contribution in [0.2, 0.25) is 0 Å².